The molecule has 1 aromatic rings. The van der Waals surface area contributed by atoms with E-state index in [1.165, 1.54) is 12.1 Å². The van der Waals surface area contributed by atoms with Gasteiger partial charge < -0.3 is 15.1 Å². The van der Waals surface area contributed by atoms with Gasteiger partial charge in [-0.1, -0.05) is 18.2 Å². The highest BCUT2D eigenvalue weighted by Gasteiger charge is 2.23. The zero-order valence-corrected chi connectivity index (χ0v) is 7.76. The fraction of sp³-hybridized carbons (Fsp3) is 0.250. The van der Waals surface area contributed by atoms with Gasteiger partial charge in [-0.3, -0.25) is 4.57 Å². The molecule has 0 heterocycles. The first-order chi connectivity index (χ1) is 6.02. The van der Waals surface area contributed by atoms with Crippen molar-refractivity contribution >= 4 is 12.7 Å². The molecule has 0 amide bonds. The summed E-state index contributed by atoms with van der Waals surface area (Å²) in [5.41, 5.74) is 0. The maximum atomic E-state index is 11.5. The van der Waals surface area contributed by atoms with Gasteiger partial charge in [-0.25, -0.2) is 0 Å². The van der Waals surface area contributed by atoms with Gasteiger partial charge in [0.05, 0.1) is 6.16 Å². The van der Waals surface area contributed by atoms with Gasteiger partial charge in [0.1, 0.15) is 0 Å². The Labute approximate surface area is 75.9 Å². The van der Waals surface area contributed by atoms with Crippen LogP contribution in [0.1, 0.15) is 0 Å². The van der Waals surface area contributed by atoms with Gasteiger partial charge in [0, 0.05) is 5.30 Å². The molecule has 72 valence electrons. The van der Waals surface area contributed by atoms with E-state index in [-0.39, 0.29) is 5.30 Å². The monoisotopic (exact) mass is 202 g/mol. The highest BCUT2D eigenvalue weighted by Crippen LogP contribution is 2.39. The van der Waals surface area contributed by atoms with Gasteiger partial charge in [0.15, 0.2) is 6.29 Å². The minimum absolute atomic E-state index is 0.239. The van der Waals surface area contributed by atoms with E-state index in [0.29, 0.717) is 0 Å². The number of hydrogen-bond acceptors (Lipinski definition) is 3. The van der Waals surface area contributed by atoms with Crippen LogP contribution in [-0.4, -0.2) is 27.6 Å². The van der Waals surface area contributed by atoms with E-state index in [9.17, 15) is 9.46 Å². The van der Waals surface area contributed by atoms with Crippen LogP contribution < -0.4 is 5.30 Å². The number of aliphatic hydroxyl groups is 2. The second-order valence-corrected chi connectivity index (χ2v) is 4.99. The number of rotatable bonds is 3. The Hall–Kier alpha value is -0.670. The van der Waals surface area contributed by atoms with E-state index in [0.717, 1.165) is 0 Å². The maximum Gasteiger partial charge on any atom is 0.234 e. The van der Waals surface area contributed by atoms with Gasteiger partial charge in [-0.2, -0.15) is 0 Å². The third kappa shape index (κ3) is 2.94. The second kappa shape index (κ2) is 4.03. The first-order valence-corrected chi connectivity index (χ1v) is 5.60. The van der Waals surface area contributed by atoms with E-state index < -0.39 is 19.8 Å². The minimum atomic E-state index is -3.60. The van der Waals surface area contributed by atoms with E-state index in [4.69, 9.17) is 10.2 Å². The molecule has 0 aliphatic heterocycles. The third-order valence-electron chi connectivity index (χ3n) is 1.57. The van der Waals surface area contributed by atoms with E-state index in [2.05, 4.69) is 0 Å². The topological polar surface area (TPSA) is 77.8 Å². The Morgan fingerprint density at radius 1 is 1.23 bits per heavy atom. The lowest BCUT2D eigenvalue weighted by molar-refractivity contribution is -0.0211. The van der Waals surface area contributed by atoms with Crippen molar-refractivity contribution in [3.8, 4) is 0 Å². The van der Waals surface area contributed by atoms with Crippen LogP contribution in [0.25, 0.3) is 0 Å². The first kappa shape index (κ1) is 10.4. The van der Waals surface area contributed by atoms with Crippen molar-refractivity contribution in [1.29, 1.82) is 0 Å². The highest BCUT2D eigenvalue weighted by atomic mass is 31.2. The van der Waals surface area contributed by atoms with Gasteiger partial charge in [-0.05, 0) is 12.1 Å². The van der Waals surface area contributed by atoms with Crippen LogP contribution in [0.2, 0.25) is 0 Å². The molecular weight excluding hydrogens is 191 g/mol. The SMILES string of the molecule is O=P(O)(CC(O)O)c1ccccc1. The predicted molar refractivity (Wildman–Crippen MR) is 49.0 cm³/mol. The van der Waals surface area contributed by atoms with Crippen LogP contribution in [0.3, 0.4) is 0 Å². The van der Waals surface area contributed by atoms with E-state index in [1.54, 1.807) is 18.2 Å². The summed E-state index contributed by atoms with van der Waals surface area (Å²) in [6.45, 7) is 0. The molecular formula is C8H11O4P. The summed E-state index contributed by atoms with van der Waals surface area (Å²) in [4.78, 5) is 9.39. The summed E-state index contributed by atoms with van der Waals surface area (Å²) < 4.78 is 11.5. The van der Waals surface area contributed by atoms with Crippen LogP contribution in [0.5, 0.6) is 0 Å². The normalized spacial score (nSPS) is 15.7. The summed E-state index contributed by atoms with van der Waals surface area (Å²) in [6, 6.07) is 7.95. The lowest BCUT2D eigenvalue weighted by atomic mass is 10.4. The van der Waals surface area contributed by atoms with Gasteiger partial charge in [0.25, 0.3) is 0 Å². The standard InChI is InChI=1S/C8H11O4P/c9-8(10)6-13(11,12)7-4-2-1-3-5-7/h1-5,8-10H,6H2,(H,11,12). The summed E-state index contributed by atoms with van der Waals surface area (Å²) in [7, 11) is -3.60. The molecule has 0 saturated heterocycles. The Balaban J connectivity index is 2.88. The number of benzene rings is 1. The second-order valence-electron chi connectivity index (χ2n) is 2.70. The van der Waals surface area contributed by atoms with Gasteiger partial charge >= 0.3 is 0 Å². The average molecular weight is 202 g/mol. The molecule has 1 unspecified atom stereocenters. The Bertz CT molecular complexity index is 309. The first-order valence-electron chi connectivity index (χ1n) is 3.76. The molecule has 0 saturated carbocycles. The van der Waals surface area contributed by atoms with Gasteiger partial charge in [0.2, 0.25) is 7.37 Å². The van der Waals surface area contributed by atoms with Crippen LogP contribution in [0, 0.1) is 0 Å². The molecule has 0 aliphatic carbocycles. The smallest absolute Gasteiger partial charge is 0.234 e. The molecule has 0 fully saturated rings. The Morgan fingerprint density at radius 2 is 1.77 bits per heavy atom. The predicted octanol–water partition coefficient (Wildman–Crippen LogP) is -0.107. The lowest BCUT2D eigenvalue weighted by Crippen LogP contribution is -2.16. The fourth-order valence-corrected chi connectivity index (χ4v) is 2.28. The summed E-state index contributed by atoms with van der Waals surface area (Å²) >= 11 is 0. The summed E-state index contributed by atoms with van der Waals surface area (Å²) in [5, 5.41) is 17.4. The van der Waals surface area contributed by atoms with E-state index >= 15 is 0 Å². The van der Waals surface area contributed by atoms with Crippen molar-refractivity contribution in [3.63, 3.8) is 0 Å². The fourth-order valence-electron chi connectivity index (χ4n) is 0.988. The number of hydrogen-bond donors (Lipinski definition) is 3. The molecule has 0 aliphatic rings. The minimum Gasteiger partial charge on any atom is -0.368 e. The molecule has 0 spiro atoms. The molecule has 4 nitrogen and oxygen atoms in total. The summed E-state index contributed by atoms with van der Waals surface area (Å²) in [5.74, 6) is 0. The molecule has 0 radical (unpaired) electrons. The van der Waals surface area contributed by atoms with Crippen LogP contribution in [0.4, 0.5) is 0 Å². The Morgan fingerprint density at radius 3 is 2.23 bits per heavy atom. The lowest BCUT2D eigenvalue weighted by Gasteiger charge is -2.12. The van der Waals surface area contributed by atoms with Crippen molar-refractivity contribution < 1.29 is 19.7 Å². The van der Waals surface area contributed by atoms with Crippen molar-refractivity contribution in [1.82, 2.24) is 0 Å². The van der Waals surface area contributed by atoms with Crippen molar-refractivity contribution in [3.05, 3.63) is 30.3 Å². The van der Waals surface area contributed by atoms with E-state index in [1.807, 2.05) is 0 Å². The third-order valence-corrected chi connectivity index (χ3v) is 3.50. The zero-order valence-electron chi connectivity index (χ0n) is 6.87. The zero-order chi connectivity index (χ0) is 9.90. The molecule has 3 N–H and O–H groups in total. The summed E-state index contributed by atoms with van der Waals surface area (Å²) in [6.07, 6.45) is -2.28. The molecule has 5 heteroatoms. The molecule has 1 atom stereocenters. The van der Waals surface area contributed by atoms with Crippen LogP contribution >= 0.6 is 7.37 Å². The average Bonchev–Trinajstić information content (AvgIpc) is 2.04. The molecule has 1 rings (SSSR count). The molecule has 1 aromatic carbocycles. The Kier molecular flexibility index (Phi) is 3.22. The quantitative estimate of drug-likeness (QED) is 0.472. The maximum absolute atomic E-state index is 11.5. The van der Waals surface area contributed by atoms with Crippen molar-refractivity contribution in [2.75, 3.05) is 6.16 Å². The van der Waals surface area contributed by atoms with Crippen molar-refractivity contribution in [2.24, 2.45) is 0 Å². The van der Waals surface area contributed by atoms with Crippen LogP contribution in [-0.2, 0) is 4.57 Å². The van der Waals surface area contributed by atoms with Gasteiger partial charge in [-0.15, -0.1) is 0 Å². The largest absolute Gasteiger partial charge is 0.368 e. The molecule has 0 bridgehead atoms. The van der Waals surface area contributed by atoms with Crippen LogP contribution in [0.15, 0.2) is 30.3 Å². The highest BCUT2D eigenvalue weighted by molar-refractivity contribution is 7.66. The molecule has 13 heavy (non-hydrogen) atoms. The number of aliphatic hydroxyl groups excluding tert-OH is 1. The van der Waals surface area contributed by atoms with Crippen molar-refractivity contribution in [2.45, 2.75) is 6.29 Å². The molecule has 0 aromatic heterocycles.